The number of alkyl halides is 1. The molecule has 0 heterocycles. The molecule has 2 nitrogen and oxygen atoms in total. The highest BCUT2D eigenvalue weighted by atomic mass is 79.9. The molecule has 1 rings (SSSR count). The van der Waals surface area contributed by atoms with Crippen LogP contribution in [0.3, 0.4) is 0 Å². The number of halogens is 2. The first-order chi connectivity index (χ1) is 6.67. The summed E-state index contributed by atoms with van der Waals surface area (Å²) in [6, 6.07) is 5.54. The Labute approximate surface area is 96.3 Å². The van der Waals surface area contributed by atoms with Gasteiger partial charge in [0, 0.05) is 6.42 Å². The summed E-state index contributed by atoms with van der Waals surface area (Å²) < 4.78 is 5.92. The third-order valence-corrected chi connectivity index (χ3v) is 2.68. The maximum Gasteiger partial charge on any atom is 0.151 e. The Balaban J connectivity index is 2.81. The first-order valence-electron chi connectivity index (χ1n) is 4.07. The Bertz CT molecular complexity index is 339. The fraction of sp³-hybridized carbons (Fsp3) is 0.300. The van der Waals surface area contributed by atoms with E-state index in [1.54, 1.807) is 7.11 Å². The molecule has 0 amide bonds. The van der Waals surface area contributed by atoms with Gasteiger partial charge < -0.3 is 4.74 Å². The van der Waals surface area contributed by atoms with Crippen molar-refractivity contribution < 1.29 is 9.53 Å². The van der Waals surface area contributed by atoms with Crippen LogP contribution in [-0.2, 0) is 11.2 Å². The summed E-state index contributed by atoms with van der Waals surface area (Å²) in [5, 5.41) is 0. The van der Waals surface area contributed by atoms with Gasteiger partial charge >= 0.3 is 0 Å². The van der Waals surface area contributed by atoms with Crippen LogP contribution >= 0.6 is 27.5 Å². The fourth-order valence-electron chi connectivity index (χ4n) is 1.09. The molecular weight excluding hydrogens is 267 g/mol. The molecule has 76 valence electrons. The van der Waals surface area contributed by atoms with E-state index in [1.807, 2.05) is 18.2 Å². The van der Waals surface area contributed by atoms with Gasteiger partial charge in [-0.15, -0.1) is 11.6 Å². The normalized spacial score (nSPS) is 9.93. The SMILES string of the molecule is COc1ccc(CC(=O)CCl)cc1Br. The summed E-state index contributed by atoms with van der Waals surface area (Å²) in [5.41, 5.74) is 0.934. The van der Waals surface area contributed by atoms with Crippen LogP contribution in [0.1, 0.15) is 5.56 Å². The van der Waals surface area contributed by atoms with E-state index >= 15 is 0 Å². The zero-order valence-electron chi connectivity index (χ0n) is 7.72. The molecule has 0 aliphatic heterocycles. The highest BCUT2D eigenvalue weighted by Gasteiger charge is 2.05. The minimum Gasteiger partial charge on any atom is -0.496 e. The summed E-state index contributed by atoms with van der Waals surface area (Å²) in [6.45, 7) is 0. The smallest absolute Gasteiger partial charge is 0.151 e. The van der Waals surface area contributed by atoms with Gasteiger partial charge in [-0.3, -0.25) is 4.79 Å². The number of hydrogen-bond donors (Lipinski definition) is 0. The Kier molecular flexibility index (Phi) is 4.42. The molecule has 0 aromatic heterocycles. The van der Waals surface area contributed by atoms with Gasteiger partial charge in [0.2, 0.25) is 0 Å². The van der Waals surface area contributed by atoms with Crippen LogP contribution in [-0.4, -0.2) is 18.8 Å². The van der Waals surface area contributed by atoms with Crippen LogP contribution in [0.4, 0.5) is 0 Å². The van der Waals surface area contributed by atoms with Crippen LogP contribution in [0.5, 0.6) is 5.75 Å². The van der Waals surface area contributed by atoms with E-state index < -0.39 is 0 Å². The number of ether oxygens (including phenoxy) is 1. The number of benzene rings is 1. The zero-order chi connectivity index (χ0) is 10.6. The molecule has 0 aliphatic carbocycles. The third kappa shape index (κ3) is 3.00. The number of rotatable bonds is 4. The fourth-order valence-corrected chi connectivity index (χ4v) is 1.78. The van der Waals surface area contributed by atoms with E-state index in [0.717, 1.165) is 15.8 Å². The number of hydrogen-bond acceptors (Lipinski definition) is 2. The van der Waals surface area contributed by atoms with Crippen molar-refractivity contribution in [1.29, 1.82) is 0 Å². The largest absolute Gasteiger partial charge is 0.496 e. The van der Waals surface area contributed by atoms with Gasteiger partial charge in [-0.05, 0) is 33.6 Å². The number of carbonyl (C=O) groups is 1. The molecule has 0 radical (unpaired) electrons. The van der Waals surface area contributed by atoms with Crippen molar-refractivity contribution in [2.75, 3.05) is 13.0 Å². The molecule has 0 spiro atoms. The minimum absolute atomic E-state index is 0.0173. The number of methoxy groups -OCH3 is 1. The quantitative estimate of drug-likeness (QED) is 0.791. The molecule has 0 unspecified atom stereocenters. The standard InChI is InChI=1S/C10H10BrClO2/c1-14-10-3-2-7(5-9(10)11)4-8(13)6-12/h2-3,5H,4,6H2,1H3. The van der Waals surface area contributed by atoms with E-state index in [4.69, 9.17) is 16.3 Å². The van der Waals surface area contributed by atoms with Crippen molar-refractivity contribution in [3.63, 3.8) is 0 Å². The van der Waals surface area contributed by atoms with Gasteiger partial charge in [-0.2, -0.15) is 0 Å². The average Bonchev–Trinajstić information content (AvgIpc) is 2.18. The molecule has 0 aliphatic rings. The van der Waals surface area contributed by atoms with Crippen molar-refractivity contribution in [3.05, 3.63) is 28.2 Å². The van der Waals surface area contributed by atoms with Crippen molar-refractivity contribution in [2.45, 2.75) is 6.42 Å². The Morgan fingerprint density at radius 3 is 2.79 bits per heavy atom. The molecule has 0 fully saturated rings. The predicted octanol–water partition coefficient (Wildman–Crippen LogP) is 2.81. The topological polar surface area (TPSA) is 26.3 Å². The molecule has 0 N–H and O–H groups in total. The lowest BCUT2D eigenvalue weighted by molar-refractivity contribution is -0.116. The van der Waals surface area contributed by atoms with Crippen LogP contribution in [0.2, 0.25) is 0 Å². The molecule has 0 bridgehead atoms. The molecule has 14 heavy (non-hydrogen) atoms. The summed E-state index contributed by atoms with van der Waals surface area (Å²) in [6.07, 6.45) is 0.367. The van der Waals surface area contributed by atoms with Crippen molar-refractivity contribution in [3.8, 4) is 5.75 Å². The summed E-state index contributed by atoms with van der Waals surface area (Å²) >= 11 is 8.76. The van der Waals surface area contributed by atoms with Gasteiger partial charge in [-0.25, -0.2) is 0 Å². The van der Waals surface area contributed by atoms with E-state index in [1.165, 1.54) is 0 Å². The Hall–Kier alpha value is -0.540. The molecule has 0 atom stereocenters. The van der Waals surface area contributed by atoms with Gasteiger partial charge in [0.05, 0.1) is 17.5 Å². The van der Waals surface area contributed by atoms with E-state index in [-0.39, 0.29) is 11.7 Å². The lowest BCUT2D eigenvalue weighted by Gasteiger charge is -2.04. The second-order valence-electron chi connectivity index (χ2n) is 2.82. The van der Waals surface area contributed by atoms with Gasteiger partial charge in [0.15, 0.2) is 5.78 Å². The maximum atomic E-state index is 11.1. The van der Waals surface area contributed by atoms with Crippen LogP contribution < -0.4 is 4.74 Å². The Morgan fingerprint density at radius 1 is 1.57 bits per heavy atom. The lowest BCUT2D eigenvalue weighted by atomic mass is 10.1. The molecular formula is C10H10BrClO2. The first kappa shape index (κ1) is 11.5. The second-order valence-corrected chi connectivity index (χ2v) is 3.94. The summed E-state index contributed by atoms with van der Waals surface area (Å²) in [5.74, 6) is 0.833. The highest BCUT2D eigenvalue weighted by molar-refractivity contribution is 9.10. The van der Waals surface area contributed by atoms with Gasteiger partial charge in [0.1, 0.15) is 5.75 Å². The molecule has 0 saturated carbocycles. The third-order valence-electron chi connectivity index (χ3n) is 1.77. The summed E-state index contributed by atoms with van der Waals surface area (Å²) in [4.78, 5) is 11.1. The second kappa shape index (κ2) is 5.37. The predicted molar refractivity (Wildman–Crippen MR) is 60.1 cm³/mol. The van der Waals surface area contributed by atoms with Crippen molar-refractivity contribution >= 4 is 33.3 Å². The first-order valence-corrected chi connectivity index (χ1v) is 5.40. The number of ketones is 1. The van der Waals surface area contributed by atoms with Gasteiger partial charge in [-0.1, -0.05) is 6.07 Å². The molecule has 4 heteroatoms. The van der Waals surface area contributed by atoms with E-state index in [0.29, 0.717) is 6.42 Å². The average molecular weight is 278 g/mol. The minimum atomic E-state index is 0.0173. The van der Waals surface area contributed by atoms with Gasteiger partial charge in [0.25, 0.3) is 0 Å². The molecule has 1 aromatic carbocycles. The maximum absolute atomic E-state index is 11.1. The monoisotopic (exact) mass is 276 g/mol. The van der Waals surface area contributed by atoms with Crippen molar-refractivity contribution in [2.24, 2.45) is 0 Å². The van der Waals surface area contributed by atoms with Crippen LogP contribution in [0.15, 0.2) is 22.7 Å². The molecule has 0 saturated heterocycles. The van der Waals surface area contributed by atoms with Crippen LogP contribution in [0.25, 0.3) is 0 Å². The lowest BCUT2D eigenvalue weighted by Crippen LogP contribution is -2.03. The Morgan fingerprint density at radius 2 is 2.29 bits per heavy atom. The number of carbonyl (C=O) groups excluding carboxylic acids is 1. The highest BCUT2D eigenvalue weighted by Crippen LogP contribution is 2.25. The summed E-state index contributed by atoms with van der Waals surface area (Å²) in [7, 11) is 1.60. The van der Waals surface area contributed by atoms with E-state index in [9.17, 15) is 4.79 Å². The zero-order valence-corrected chi connectivity index (χ0v) is 10.1. The van der Waals surface area contributed by atoms with Crippen LogP contribution in [0, 0.1) is 0 Å². The van der Waals surface area contributed by atoms with Crippen molar-refractivity contribution in [1.82, 2.24) is 0 Å². The molecule has 1 aromatic rings. The number of Topliss-reactive ketones (excluding diaryl/α,β-unsaturated/α-hetero) is 1. The van der Waals surface area contributed by atoms with E-state index in [2.05, 4.69) is 15.9 Å².